The van der Waals surface area contributed by atoms with Gasteiger partial charge in [-0.3, -0.25) is 10.1 Å². The number of carboxylic acid groups (broad SMARTS) is 1. The molecule has 1 atom stereocenters. The highest BCUT2D eigenvalue weighted by Gasteiger charge is 2.37. The van der Waals surface area contributed by atoms with Crippen molar-refractivity contribution in [2.45, 2.75) is 38.8 Å². The van der Waals surface area contributed by atoms with Crippen molar-refractivity contribution in [3.63, 3.8) is 0 Å². The van der Waals surface area contributed by atoms with Crippen molar-refractivity contribution < 1.29 is 37.7 Å². The summed E-state index contributed by atoms with van der Waals surface area (Å²) in [5.74, 6) is -2.59. The molecule has 2 aliphatic rings. The van der Waals surface area contributed by atoms with Gasteiger partial charge in [0, 0.05) is 37.0 Å². The summed E-state index contributed by atoms with van der Waals surface area (Å²) in [6.07, 6.45) is -1.69. The number of hydrogen-bond acceptors (Lipinski definition) is 7. The average Bonchev–Trinajstić information content (AvgIpc) is 3.27. The Morgan fingerprint density at radius 3 is 2.67 bits per heavy atom. The number of amides is 3. The Kier molecular flexibility index (Phi) is 7.63. The molecule has 0 saturated carbocycles. The molecule has 10 nitrogen and oxygen atoms in total. The molecule has 1 aromatic heterocycles. The van der Waals surface area contributed by atoms with Crippen molar-refractivity contribution in [2.24, 2.45) is 0 Å². The number of carbonyl (C=O) groups excluding carboxylic acids is 2. The Morgan fingerprint density at radius 2 is 2.00 bits per heavy atom. The average molecular weight is 619 g/mol. The van der Waals surface area contributed by atoms with Crippen LogP contribution in [0, 0.1) is 23.0 Å². The van der Waals surface area contributed by atoms with Crippen molar-refractivity contribution in [3.8, 4) is 22.9 Å². The van der Waals surface area contributed by atoms with Crippen LogP contribution < -0.4 is 10.1 Å². The van der Waals surface area contributed by atoms with Crippen LogP contribution in [0.15, 0.2) is 18.2 Å². The van der Waals surface area contributed by atoms with Crippen molar-refractivity contribution >= 4 is 56.1 Å². The number of nitrogens with one attached hydrogen (secondary N) is 1. The molecule has 1 fully saturated rings. The van der Waals surface area contributed by atoms with Gasteiger partial charge in [-0.25, -0.2) is 18.4 Å². The molecule has 0 bridgehead atoms. The van der Waals surface area contributed by atoms with Gasteiger partial charge in [0.25, 0.3) is 5.91 Å². The molecule has 0 spiro atoms. The highest BCUT2D eigenvalue weighted by atomic mass is 35.5. The van der Waals surface area contributed by atoms with Crippen LogP contribution in [0.3, 0.4) is 0 Å². The molecule has 2 N–H and O–H groups in total. The predicted octanol–water partition coefficient (Wildman–Crippen LogP) is 6.31. The van der Waals surface area contributed by atoms with E-state index in [1.165, 1.54) is 21.9 Å². The zero-order chi connectivity index (χ0) is 30.5. The Hall–Kier alpha value is -4.15. The summed E-state index contributed by atoms with van der Waals surface area (Å²) < 4.78 is 42.3. The number of fused-ring (bicyclic) bond motifs is 3. The van der Waals surface area contributed by atoms with Gasteiger partial charge >= 0.3 is 12.2 Å². The Morgan fingerprint density at radius 1 is 1.26 bits per heavy atom. The second kappa shape index (κ2) is 10.9. The van der Waals surface area contributed by atoms with E-state index < -0.39 is 41.4 Å². The van der Waals surface area contributed by atoms with Crippen LogP contribution in [0.2, 0.25) is 5.02 Å². The summed E-state index contributed by atoms with van der Waals surface area (Å²) in [6.45, 7) is 5.28. The third-order valence-electron chi connectivity index (χ3n) is 6.90. The molecule has 14 heteroatoms. The van der Waals surface area contributed by atoms with E-state index in [1.54, 1.807) is 20.8 Å². The standard InChI is InChI=1S/C28H25ClF2N4O6S/c1-28(2,3)41-26(37)33-24-16(11-32)19-14(4-5-18(30)23(19)42-24)20-17(29)10-15-22(21(20)31)40-9-6-13-12-34(27(38)39)7-8-35(13)25(15)36/h4-5,10,13H,6-9,12H2,1-3H3,(H,33,37)(H,38,39)/t13-/m0/s1. The molecule has 2 aliphatic heterocycles. The van der Waals surface area contributed by atoms with Gasteiger partial charge in [-0.15, -0.1) is 11.3 Å². The Balaban J connectivity index is 1.61. The van der Waals surface area contributed by atoms with E-state index in [0.717, 1.165) is 17.4 Å². The van der Waals surface area contributed by atoms with Gasteiger partial charge in [-0.2, -0.15) is 5.26 Å². The van der Waals surface area contributed by atoms with Crippen LogP contribution in [0.5, 0.6) is 5.75 Å². The Bertz CT molecular complexity index is 1680. The highest BCUT2D eigenvalue weighted by Crippen LogP contribution is 2.47. The lowest BCUT2D eigenvalue weighted by atomic mass is 9.95. The first-order valence-electron chi connectivity index (χ1n) is 12.9. The Labute approximate surface area is 248 Å². The predicted molar refractivity (Wildman–Crippen MR) is 151 cm³/mol. The molecule has 42 heavy (non-hydrogen) atoms. The van der Waals surface area contributed by atoms with E-state index >= 15 is 4.39 Å². The number of rotatable bonds is 2. The SMILES string of the molecule is CC(C)(C)OC(=O)Nc1sc2c(F)ccc(-c3c(Cl)cc4c(c3F)OCC[C@H]3CN(C(=O)O)CCN3C4=O)c2c1C#N. The van der Waals surface area contributed by atoms with E-state index in [4.69, 9.17) is 21.1 Å². The molecular formula is C28H25ClF2N4O6S. The van der Waals surface area contributed by atoms with Gasteiger partial charge in [-0.05, 0) is 38.5 Å². The van der Waals surface area contributed by atoms with Gasteiger partial charge in [-0.1, -0.05) is 17.7 Å². The maximum absolute atomic E-state index is 16.3. The van der Waals surface area contributed by atoms with Crippen LogP contribution in [0.4, 0.5) is 23.4 Å². The van der Waals surface area contributed by atoms with E-state index in [1.807, 2.05) is 6.07 Å². The molecule has 0 aliphatic carbocycles. The van der Waals surface area contributed by atoms with Crippen LogP contribution >= 0.6 is 22.9 Å². The lowest BCUT2D eigenvalue weighted by Crippen LogP contribution is -2.57. The second-order valence-electron chi connectivity index (χ2n) is 10.8. The molecule has 2 aromatic carbocycles. The van der Waals surface area contributed by atoms with Crippen molar-refractivity contribution in [3.05, 3.63) is 46.0 Å². The fourth-order valence-corrected chi connectivity index (χ4v) is 6.48. The first kappa shape index (κ1) is 29.3. The minimum absolute atomic E-state index is 0.00820. The quantitative estimate of drug-likeness (QED) is 0.344. The van der Waals surface area contributed by atoms with E-state index in [0.29, 0.717) is 0 Å². The lowest BCUT2D eigenvalue weighted by molar-refractivity contribution is 0.0371. The van der Waals surface area contributed by atoms with E-state index in [9.17, 15) is 29.1 Å². The minimum Gasteiger partial charge on any atom is -0.490 e. The monoisotopic (exact) mass is 618 g/mol. The summed E-state index contributed by atoms with van der Waals surface area (Å²) in [5, 5.41) is 21.7. The van der Waals surface area contributed by atoms with Crippen molar-refractivity contribution in [2.75, 3.05) is 31.6 Å². The van der Waals surface area contributed by atoms with Crippen LogP contribution in [-0.4, -0.2) is 70.9 Å². The first-order chi connectivity index (χ1) is 19.8. The molecular weight excluding hydrogens is 594 g/mol. The molecule has 3 heterocycles. The largest absolute Gasteiger partial charge is 0.490 e. The number of piperazine rings is 1. The number of ether oxygens (including phenoxy) is 2. The fourth-order valence-electron chi connectivity index (χ4n) is 5.11. The van der Waals surface area contributed by atoms with Gasteiger partial charge < -0.3 is 24.4 Å². The molecule has 0 unspecified atom stereocenters. The third kappa shape index (κ3) is 5.28. The number of hydrogen-bond donors (Lipinski definition) is 2. The van der Waals surface area contributed by atoms with Gasteiger partial charge in [0.15, 0.2) is 11.6 Å². The number of carbonyl (C=O) groups is 3. The molecule has 3 amide bonds. The maximum atomic E-state index is 16.3. The summed E-state index contributed by atoms with van der Waals surface area (Å²) >= 11 is 7.37. The molecule has 1 saturated heterocycles. The van der Waals surface area contributed by atoms with Crippen molar-refractivity contribution in [1.82, 2.24) is 9.80 Å². The zero-order valence-corrected chi connectivity index (χ0v) is 24.3. The molecule has 3 aromatic rings. The number of halogens is 3. The normalized spacial score (nSPS) is 17.0. The first-order valence-corrected chi connectivity index (χ1v) is 14.1. The molecule has 5 rings (SSSR count). The van der Waals surface area contributed by atoms with Crippen LogP contribution in [0.1, 0.15) is 43.1 Å². The lowest BCUT2D eigenvalue weighted by Gasteiger charge is -2.41. The van der Waals surface area contributed by atoms with Gasteiger partial charge in [0.2, 0.25) is 0 Å². The topological polar surface area (TPSA) is 132 Å². The second-order valence-corrected chi connectivity index (χ2v) is 12.2. The third-order valence-corrected chi connectivity index (χ3v) is 8.31. The fraction of sp³-hybridized carbons (Fsp3) is 0.357. The summed E-state index contributed by atoms with van der Waals surface area (Å²) in [6, 6.07) is 5.12. The minimum atomic E-state index is -1.09. The van der Waals surface area contributed by atoms with Gasteiger partial charge in [0.1, 0.15) is 22.5 Å². The van der Waals surface area contributed by atoms with Crippen LogP contribution in [-0.2, 0) is 4.74 Å². The van der Waals surface area contributed by atoms with Crippen LogP contribution in [0.25, 0.3) is 21.2 Å². The summed E-state index contributed by atoms with van der Waals surface area (Å²) in [7, 11) is 0. The number of nitriles is 1. The highest BCUT2D eigenvalue weighted by molar-refractivity contribution is 7.23. The van der Waals surface area contributed by atoms with Gasteiger partial charge in [0.05, 0.1) is 33.5 Å². The summed E-state index contributed by atoms with van der Waals surface area (Å²) in [5.41, 5.74) is -1.23. The number of anilines is 1. The van der Waals surface area contributed by atoms with Crippen molar-refractivity contribution in [1.29, 1.82) is 5.26 Å². The number of benzene rings is 2. The number of thiophene rings is 1. The maximum Gasteiger partial charge on any atom is 0.412 e. The molecule has 220 valence electrons. The number of nitrogens with zero attached hydrogens (tertiary/aromatic N) is 3. The smallest absolute Gasteiger partial charge is 0.412 e. The van der Waals surface area contributed by atoms with E-state index in [-0.39, 0.29) is 80.8 Å². The molecule has 0 radical (unpaired) electrons. The van der Waals surface area contributed by atoms with E-state index in [2.05, 4.69) is 5.32 Å². The zero-order valence-electron chi connectivity index (χ0n) is 22.7. The summed E-state index contributed by atoms with van der Waals surface area (Å²) in [4.78, 5) is 40.1.